The average molecular weight is 736 g/mol. The van der Waals surface area contributed by atoms with Gasteiger partial charge in [-0.05, 0) is 117 Å². The van der Waals surface area contributed by atoms with E-state index < -0.39 is 42.3 Å². The summed E-state index contributed by atoms with van der Waals surface area (Å²) in [6, 6.07) is 6.36. The van der Waals surface area contributed by atoms with Gasteiger partial charge >= 0.3 is 13.2 Å². The largest absolute Gasteiger partial charge is 0.497 e. The summed E-state index contributed by atoms with van der Waals surface area (Å²) < 4.78 is 31.3. The van der Waals surface area contributed by atoms with Gasteiger partial charge in [0.2, 0.25) is 11.8 Å². The van der Waals surface area contributed by atoms with Gasteiger partial charge < -0.3 is 39.1 Å². The van der Waals surface area contributed by atoms with E-state index in [9.17, 15) is 14.4 Å². The number of hydrogen-bond acceptors (Lipinski definition) is 8. The molecule has 2 N–H and O–H groups in total. The van der Waals surface area contributed by atoms with Crippen LogP contribution in [0.1, 0.15) is 111 Å². The number of carbonyl (C=O) groups is 3. The molecule has 5 aliphatic carbocycles. The Morgan fingerprint density at radius 3 is 2.34 bits per heavy atom. The minimum Gasteiger partial charge on any atom is -0.497 e. The minimum absolute atomic E-state index is 0.0316. The van der Waals surface area contributed by atoms with Crippen LogP contribution in [0, 0.1) is 34.5 Å². The first-order valence-corrected chi connectivity index (χ1v) is 20.3. The van der Waals surface area contributed by atoms with E-state index in [-0.39, 0.29) is 35.4 Å². The van der Waals surface area contributed by atoms with Gasteiger partial charge in [0.25, 0.3) is 0 Å². The Labute approximate surface area is 316 Å². The van der Waals surface area contributed by atoms with E-state index in [1.165, 1.54) is 0 Å². The van der Waals surface area contributed by atoms with Crippen molar-refractivity contribution in [3.63, 3.8) is 0 Å². The molecule has 2 saturated heterocycles. The summed E-state index contributed by atoms with van der Waals surface area (Å²) in [6.45, 7) is 14.0. The third kappa shape index (κ3) is 7.84. The highest BCUT2D eigenvalue weighted by Gasteiger charge is 2.69. The van der Waals surface area contributed by atoms with Crippen LogP contribution in [0.4, 0.5) is 4.79 Å². The molecule has 5 saturated carbocycles. The van der Waals surface area contributed by atoms with E-state index in [1.54, 1.807) is 12.0 Å². The zero-order chi connectivity index (χ0) is 37.7. The molecule has 7 fully saturated rings. The fourth-order valence-corrected chi connectivity index (χ4v) is 10.2. The Morgan fingerprint density at radius 2 is 1.70 bits per heavy atom. The Balaban J connectivity index is 1.09. The second-order valence-electron chi connectivity index (χ2n) is 18.7. The van der Waals surface area contributed by atoms with Crippen molar-refractivity contribution in [2.24, 2.45) is 34.5 Å². The summed E-state index contributed by atoms with van der Waals surface area (Å²) in [5.41, 5.74) is 0.204. The monoisotopic (exact) mass is 735 g/mol. The molecule has 3 amide bonds. The fraction of sp³-hybridized carbons (Fsp3) is 0.780. The number of nitrogens with zero attached hydrogens (tertiary/aromatic N) is 1. The van der Waals surface area contributed by atoms with Crippen molar-refractivity contribution >= 4 is 25.0 Å². The van der Waals surface area contributed by atoms with E-state index in [4.69, 9.17) is 23.5 Å². The molecular weight excluding hydrogens is 673 g/mol. The standard InChI is InChI=1S/C41H62BN3O8/c1-39(2,3)34(43-38(48)51-29-11-8-9-12-29)37(47)45-20-10-13-31(45)36(46)44-35(42-52-33-22-27-21-32(40(27,4)5)41(33,6)53-42)30(26-16-17-26)24-50-23-25-14-18-28(49-7)19-15-25/h14-15,18-19,26-27,29-35H,8-13,16-17,20-24H2,1-7H3,(H,43,48)(H,44,46)/t27-,30?,31?,32?,33+,34+,35?,41-/m0/s1. The lowest BCUT2D eigenvalue weighted by molar-refractivity contribution is -0.199. The van der Waals surface area contributed by atoms with E-state index >= 15 is 0 Å². The number of benzene rings is 1. The predicted molar refractivity (Wildman–Crippen MR) is 201 cm³/mol. The normalized spacial score (nSPS) is 30.9. The number of nitrogens with one attached hydrogen (secondary N) is 2. The van der Waals surface area contributed by atoms with Crippen molar-refractivity contribution in [1.29, 1.82) is 0 Å². The third-order valence-corrected chi connectivity index (χ3v) is 13.8. The van der Waals surface area contributed by atoms with Crippen LogP contribution in [0.3, 0.4) is 0 Å². The summed E-state index contributed by atoms with van der Waals surface area (Å²) in [6.07, 6.45) is 8.49. The van der Waals surface area contributed by atoms with Crippen LogP contribution < -0.4 is 15.4 Å². The molecule has 11 nitrogen and oxygen atoms in total. The van der Waals surface area contributed by atoms with Crippen molar-refractivity contribution in [3.05, 3.63) is 29.8 Å². The second kappa shape index (κ2) is 15.0. The first kappa shape index (κ1) is 38.4. The topological polar surface area (TPSA) is 125 Å². The lowest BCUT2D eigenvalue weighted by Crippen LogP contribution is -2.65. The van der Waals surface area contributed by atoms with Crippen molar-refractivity contribution in [2.75, 3.05) is 20.3 Å². The number of alkyl carbamates (subject to hydrolysis) is 1. The molecule has 53 heavy (non-hydrogen) atoms. The van der Waals surface area contributed by atoms with Gasteiger partial charge in [-0.1, -0.05) is 46.8 Å². The second-order valence-corrected chi connectivity index (χ2v) is 18.7. The molecule has 2 bridgehead atoms. The Bertz CT molecular complexity index is 1490. The summed E-state index contributed by atoms with van der Waals surface area (Å²) in [5.74, 6) is 1.20. The lowest BCUT2D eigenvalue weighted by Gasteiger charge is -2.64. The summed E-state index contributed by atoms with van der Waals surface area (Å²) in [4.78, 5) is 43.5. The third-order valence-electron chi connectivity index (χ3n) is 13.8. The highest BCUT2D eigenvalue weighted by atomic mass is 16.7. The van der Waals surface area contributed by atoms with Crippen LogP contribution >= 0.6 is 0 Å². The fourth-order valence-electron chi connectivity index (χ4n) is 10.2. The molecule has 292 valence electrons. The first-order valence-electron chi connectivity index (χ1n) is 20.3. The van der Waals surface area contributed by atoms with Gasteiger partial charge in [-0.15, -0.1) is 0 Å². The molecule has 0 radical (unpaired) electrons. The molecule has 1 aromatic carbocycles. The molecule has 4 unspecified atom stereocenters. The molecular formula is C41H62BN3O8. The maximum absolute atomic E-state index is 14.5. The molecule has 12 heteroatoms. The van der Waals surface area contributed by atoms with E-state index in [0.717, 1.165) is 62.7 Å². The smallest absolute Gasteiger partial charge is 0.482 e. The molecule has 2 aliphatic heterocycles. The Kier molecular flexibility index (Phi) is 10.9. The molecule has 0 spiro atoms. The average Bonchev–Trinajstić information content (AvgIpc) is 3.45. The van der Waals surface area contributed by atoms with E-state index in [0.29, 0.717) is 50.4 Å². The zero-order valence-corrected chi connectivity index (χ0v) is 33.0. The summed E-state index contributed by atoms with van der Waals surface area (Å²) >= 11 is 0. The number of carbonyl (C=O) groups excluding carboxylic acids is 3. The number of ether oxygens (including phenoxy) is 3. The van der Waals surface area contributed by atoms with Crippen molar-refractivity contribution in [3.8, 4) is 5.75 Å². The van der Waals surface area contributed by atoms with Gasteiger partial charge in [-0.25, -0.2) is 4.79 Å². The van der Waals surface area contributed by atoms with Crippen molar-refractivity contribution in [1.82, 2.24) is 15.5 Å². The van der Waals surface area contributed by atoms with E-state index in [2.05, 4.69) is 31.4 Å². The summed E-state index contributed by atoms with van der Waals surface area (Å²) in [7, 11) is 1.03. The van der Waals surface area contributed by atoms with Gasteiger partial charge in [-0.3, -0.25) is 9.59 Å². The van der Waals surface area contributed by atoms with Crippen LogP contribution in [0.2, 0.25) is 0 Å². The minimum atomic E-state index is -0.842. The van der Waals surface area contributed by atoms with E-state index in [1.807, 2.05) is 45.0 Å². The van der Waals surface area contributed by atoms with Crippen LogP contribution in [0.15, 0.2) is 24.3 Å². The van der Waals surface area contributed by atoms with Crippen molar-refractivity contribution < 1.29 is 37.9 Å². The van der Waals surface area contributed by atoms with Gasteiger partial charge in [0.05, 0.1) is 38.0 Å². The molecule has 8 atom stereocenters. The first-order chi connectivity index (χ1) is 25.2. The maximum Gasteiger partial charge on any atom is 0.482 e. The van der Waals surface area contributed by atoms with Gasteiger partial charge in [0.15, 0.2) is 0 Å². The van der Waals surface area contributed by atoms with Gasteiger partial charge in [-0.2, -0.15) is 0 Å². The van der Waals surface area contributed by atoms with Crippen LogP contribution in [-0.2, 0) is 35.0 Å². The number of amides is 3. The molecule has 2 heterocycles. The zero-order valence-electron chi connectivity index (χ0n) is 33.0. The molecule has 0 aromatic heterocycles. The highest BCUT2D eigenvalue weighted by molar-refractivity contribution is 6.48. The lowest BCUT2D eigenvalue weighted by atomic mass is 9.43. The van der Waals surface area contributed by atoms with Crippen LogP contribution in [0.5, 0.6) is 5.75 Å². The molecule has 7 aliphatic rings. The number of likely N-dealkylation sites (tertiary alicyclic amines) is 1. The quantitative estimate of drug-likeness (QED) is 0.234. The predicted octanol–water partition coefficient (Wildman–Crippen LogP) is 6.06. The number of methoxy groups -OCH3 is 1. The van der Waals surface area contributed by atoms with Crippen LogP contribution in [-0.4, -0.2) is 86.0 Å². The number of hydrogen-bond donors (Lipinski definition) is 2. The molecule has 8 rings (SSSR count). The highest BCUT2D eigenvalue weighted by Crippen LogP contribution is 2.66. The maximum atomic E-state index is 14.5. The van der Waals surface area contributed by atoms with Crippen molar-refractivity contribution in [2.45, 2.75) is 148 Å². The van der Waals surface area contributed by atoms with Gasteiger partial charge in [0.1, 0.15) is 23.9 Å². The SMILES string of the molecule is COc1ccc(COCC(C2CC2)C(NC(=O)C2CCCN2C(=O)[C@@H](NC(=O)OC2CCCC2)C(C)(C)C)B2O[C@@H]3C[C@@H]4CC(C4(C)C)[C@]3(C)O2)cc1. The molecule has 1 aromatic rings. The van der Waals surface area contributed by atoms with Gasteiger partial charge in [0, 0.05) is 12.5 Å². The number of rotatable bonds is 13. The Morgan fingerprint density at radius 1 is 0.981 bits per heavy atom. The van der Waals surface area contributed by atoms with Crippen LogP contribution in [0.25, 0.3) is 0 Å². The summed E-state index contributed by atoms with van der Waals surface area (Å²) in [5, 5.41) is 6.31. The Hall–Kier alpha value is -2.83.